The standard InChI is InChI=1S/C15H25NO/c1-11(2)7-8-17-10-15(16)14-6-5-12(3)9-13(14)4/h5-6,9,11,15H,7-8,10,16H2,1-4H3. The van der Waals surface area contributed by atoms with Crippen LogP contribution in [0.1, 0.15) is 43.0 Å². The quantitative estimate of drug-likeness (QED) is 0.767. The third kappa shape index (κ3) is 4.88. The molecular weight excluding hydrogens is 210 g/mol. The van der Waals surface area contributed by atoms with E-state index >= 15 is 0 Å². The normalized spacial score (nSPS) is 13.1. The Kier molecular flexibility index (Phi) is 5.66. The summed E-state index contributed by atoms with van der Waals surface area (Å²) >= 11 is 0. The van der Waals surface area contributed by atoms with Crippen LogP contribution in [-0.4, -0.2) is 13.2 Å². The number of ether oxygens (including phenoxy) is 1. The SMILES string of the molecule is Cc1ccc(C(N)COCCC(C)C)c(C)c1. The van der Waals surface area contributed by atoms with Gasteiger partial charge in [0.15, 0.2) is 0 Å². The lowest BCUT2D eigenvalue weighted by atomic mass is 10.0. The van der Waals surface area contributed by atoms with E-state index in [1.807, 2.05) is 0 Å². The molecule has 0 heterocycles. The average molecular weight is 235 g/mol. The van der Waals surface area contributed by atoms with Crippen LogP contribution in [0.4, 0.5) is 0 Å². The van der Waals surface area contributed by atoms with E-state index in [9.17, 15) is 0 Å². The van der Waals surface area contributed by atoms with Gasteiger partial charge >= 0.3 is 0 Å². The first kappa shape index (κ1) is 14.2. The fourth-order valence-corrected chi connectivity index (χ4v) is 1.86. The molecule has 2 heteroatoms. The minimum Gasteiger partial charge on any atom is -0.379 e. The minimum atomic E-state index is -0.0113. The van der Waals surface area contributed by atoms with E-state index in [0.29, 0.717) is 12.5 Å². The van der Waals surface area contributed by atoms with Crippen molar-refractivity contribution in [3.8, 4) is 0 Å². The van der Waals surface area contributed by atoms with Crippen LogP contribution in [0.3, 0.4) is 0 Å². The molecule has 1 aromatic rings. The molecular formula is C15H25NO. The van der Waals surface area contributed by atoms with Gasteiger partial charge in [-0.15, -0.1) is 0 Å². The molecule has 0 radical (unpaired) electrons. The van der Waals surface area contributed by atoms with E-state index in [0.717, 1.165) is 13.0 Å². The molecule has 0 aliphatic rings. The predicted molar refractivity (Wildman–Crippen MR) is 73.1 cm³/mol. The monoisotopic (exact) mass is 235 g/mol. The highest BCUT2D eigenvalue weighted by molar-refractivity contribution is 5.32. The first-order chi connectivity index (χ1) is 8.00. The summed E-state index contributed by atoms with van der Waals surface area (Å²) < 4.78 is 5.62. The second-order valence-electron chi connectivity index (χ2n) is 5.22. The smallest absolute Gasteiger partial charge is 0.0659 e. The van der Waals surface area contributed by atoms with E-state index < -0.39 is 0 Å². The second kappa shape index (κ2) is 6.77. The molecule has 0 bridgehead atoms. The van der Waals surface area contributed by atoms with E-state index in [1.165, 1.54) is 16.7 Å². The molecule has 1 aromatic carbocycles. The number of benzene rings is 1. The van der Waals surface area contributed by atoms with Gasteiger partial charge in [-0.3, -0.25) is 0 Å². The molecule has 1 rings (SSSR count). The van der Waals surface area contributed by atoms with Crippen molar-refractivity contribution < 1.29 is 4.74 Å². The fraction of sp³-hybridized carbons (Fsp3) is 0.600. The lowest BCUT2D eigenvalue weighted by molar-refractivity contribution is 0.111. The van der Waals surface area contributed by atoms with Gasteiger partial charge in [-0.2, -0.15) is 0 Å². The number of nitrogens with two attached hydrogens (primary N) is 1. The molecule has 96 valence electrons. The highest BCUT2D eigenvalue weighted by Crippen LogP contribution is 2.17. The Morgan fingerprint density at radius 3 is 2.53 bits per heavy atom. The van der Waals surface area contributed by atoms with Crippen molar-refractivity contribution in [3.05, 3.63) is 34.9 Å². The summed E-state index contributed by atoms with van der Waals surface area (Å²) in [5, 5.41) is 0. The van der Waals surface area contributed by atoms with Gasteiger partial charge < -0.3 is 10.5 Å². The lowest BCUT2D eigenvalue weighted by Crippen LogP contribution is -2.19. The van der Waals surface area contributed by atoms with Crippen LogP contribution in [0.25, 0.3) is 0 Å². The third-order valence-corrected chi connectivity index (χ3v) is 2.96. The molecule has 0 saturated heterocycles. The maximum Gasteiger partial charge on any atom is 0.0659 e. The Bertz CT molecular complexity index is 347. The minimum absolute atomic E-state index is 0.0113. The molecule has 2 N–H and O–H groups in total. The average Bonchev–Trinajstić information content (AvgIpc) is 2.23. The van der Waals surface area contributed by atoms with Crippen molar-refractivity contribution in [2.75, 3.05) is 13.2 Å². The van der Waals surface area contributed by atoms with Crippen molar-refractivity contribution in [1.29, 1.82) is 0 Å². The molecule has 1 atom stereocenters. The van der Waals surface area contributed by atoms with Gasteiger partial charge in [0.05, 0.1) is 12.6 Å². The first-order valence-corrected chi connectivity index (χ1v) is 6.41. The molecule has 0 aromatic heterocycles. The van der Waals surface area contributed by atoms with Crippen LogP contribution in [0.15, 0.2) is 18.2 Å². The molecule has 1 unspecified atom stereocenters. The Morgan fingerprint density at radius 2 is 1.94 bits per heavy atom. The highest BCUT2D eigenvalue weighted by atomic mass is 16.5. The summed E-state index contributed by atoms with van der Waals surface area (Å²) in [5.74, 6) is 0.687. The van der Waals surface area contributed by atoms with Gasteiger partial charge in [0.25, 0.3) is 0 Å². The molecule has 0 fully saturated rings. The molecule has 2 nitrogen and oxygen atoms in total. The molecule has 0 saturated carbocycles. The van der Waals surface area contributed by atoms with Crippen LogP contribution in [0, 0.1) is 19.8 Å². The predicted octanol–water partition coefficient (Wildman–Crippen LogP) is 3.37. The Labute approximate surface area is 105 Å². The summed E-state index contributed by atoms with van der Waals surface area (Å²) in [6.45, 7) is 10.0. The first-order valence-electron chi connectivity index (χ1n) is 6.41. The fourth-order valence-electron chi connectivity index (χ4n) is 1.86. The molecule has 0 aliphatic carbocycles. The second-order valence-corrected chi connectivity index (χ2v) is 5.22. The van der Waals surface area contributed by atoms with Crippen molar-refractivity contribution in [1.82, 2.24) is 0 Å². The van der Waals surface area contributed by atoms with Crippen molar-refractivity contribution in [3.63, 3.8) is 0 Å². The van der Waals surface area contributed by atoms with Crippen LogP contribution in [0.2, 0.25) is 0 Å². The van der Waals surface area contributed by atoms with Crippen LogP contribution in [-0.2, 0) is 4.74 Å². The lowest BCUT2D eigenvalue weighted by Gasteiger charge is -2.16. The zero-order chi connectivity index (χ0) is 12.8. The van der Waals surface area contributed by atoms with Crippen LogP contribution >= 0.6 is 0 Å². The van der Waals surface area contributed by atoms with Gasteiger partial charge in [0.1, 0.15) is 0 Å². The number of hydrogen-bond acceptors (Lipinski definition) is 2. The molecule has 0 spiro atoms. The zero-order valence-corrected chi connectivity index (χ0v) is 11.5. The summed E-state index contributed by atoms with van der Waals surface area (Å²) in [5.41, 5.74) is 9.86. The summed E-state index contributed by atoms with van der Waals surface area (Å²) in [6.07, 6.45) is 1.10. The van der Waals surface area contributed by atoms with E-state index in [2.05, 4.69) is 45.9 Å². The number of aryl methyl sites for hydroxylation is 2. The van der Waals surface area contributed by atoms with Crippen LogP contribution < -0.4 is 5.73 Å². The highest BCUT2D eigenvalue weighted by Gasteiger charge is 2.09. The van der Waals surface area contributed by atoms with Gasteiger partial charge in [0, 0.05) is 6.61 Å². The summed E-state index contributed by atoms with van der Waals surface area (Å²) in [7, 11) is 0. The summed E-state index contributed by atoms with van der Waals surface area (Å²) in [4.78, 5) is 0. The van der Waals surface area contributed by atoms with E-state index in [-0.39, 0.29) is 6.04 Å². The van der Waals surface area contributed by atoms with E-state index in [1.54, 1.807) is 0 Å². The van der Waals surface area contributed by atoms with E-state index in [4.69, 9.17) is 10.5 Å². The number of hydrogen-bond donors (Lipinski definition) is 1. The zero-order valence-electron chi connectivity index (χ0n) is 11.5. The third-order valence-electron chi connectivity index (χ3n) is 2.96. The maximum atomic E-state index is 6.14. The summed E-state index contributed by atoms with van der Waals surface area (Å²) in [6, 6.07) is 6.38. The Hall–Kier alpha value is -0.860. The number of rotatable bonds is 6. The van der Waals surface area contributed by atoms with Gasteiger partial charge in [0.2, 0.25) is 0 Å². The molecule has 0 amide bonds. The van der Waals surface area contributed by atoms with Gasteiger partial charge in [-0.25, -0.2) is 0 Å². The van der Waals surface area contributed by atoms with Gasteiger partial charge in [-0.05, 0) is 37.3 Å². The Morgan fingerprint density at radius 1 is 1.24 bits per heavy atom. The maximum absolute atomic E-state index is 6.14. The molecule has 17 heavy (non-hydrogen) atoms. The van der Waals surface area contributed by atoms with Gasteiger partial charge in [-0.1, -0.05) is 37.6 Å². The molecule has 0 aliphatic heterocycles. The van der Waals surface area contributed by atoms with Crippen molar-refractivity contribution in [2.45, 2.75) is 40.2 Å². The largest absolute Gasteiger partial charge is 0.379 e. The van der Waals surface area contributed by atoms with Crippen LogP contribution in [0.5, 0.6) is 0 Å². The van der Waals surface area contributed by atoms with Crippen molar-refractivity contribution >= 4 is 0 Å². The topological polar surface area (TPSA) is 35.2 Å². The van der Waals surface area contributed by atoms with Crippen molar-refractivity contribution in [2.24, 2.45) is 11.7 Å². The Balaban J connectivity index is 2.44.